The molecule has 0 unspecified atom stereocenters. The molecule has 1 aromatic heterocycles. The molecule has 1 amide bonds. The van der Waals surface area contributed by atoms with E-state index < -0.39 is 0 Å². The predicted molar refractivity (Wildman–Crippen MR) is 77.0 cm³/mol. The van der Waals surface area contributed by atoms with E-state index in [2.05, 4.69) is 10.3 Å². The molecule has 0 saturated heterocycles. The van der Waals surface area contributed by atoms with Crippen molar-refractivity contribution in [2.24, 2.45) is 5.73 Å². The van der Waals surface area contributed by atoms with Crippen LogP contribution in [0.15, 0.2) is 35.2 Å². The van der Waals surface area contributed by atoms with Gasteiger partial charge in [-0.25, -0.2) is 4.98 Å². The van der Waals surface area contributed by atoms with Crippen molar-refractivity contribution in [1.29, 1.82) is 0 Å². The second-order valence-electron chi connectivity index (χ2n) is 3.67. The first kappa shape index (κ1) is 12.7. The van der Waals surface area contributed by atoms with Crippen molar-refractivity contribution in [1.82, 2.24) is 4.98 Å². The van der Waals surface area contributed by atoms with Gasteiger partial charge in [0.15, 0.2) is 0 Å². The third-order valence-electron chi connectivity index (χ3n) is 2.26. The van der Waals surface area contributed by atoms with E-state index in [1.165, 1.54) is 11.3 Å². The largest absolute Gasteiger partial charge is 0.393 e. The van der Waals surface area contributed by atoms with Gasteiger partial charge in [0.2, 0.25) is 0 Å². The maximum absolute atomic E-state index is 11.7. The molecule has 3 N–H and O–H groups in total. The van der Waals surface area contributed by atoms with Crippen molar-refractivity contribution in [2.75, 3.05) is 5.32 Å². The SMILES string of the molecule is NC(=S)Cc1ccc(NC(=O)c2cscn2)cc1. The molecule has 0 aliphatic heterocycles. The number of hydrogen-bond donors (Lipinski definition) is 2. The van der Waals surface area contributed by atoms with E-state index in [-0.39, 0.29) is 5.91 Å². The van der Waals surface area contributed by atoms with Gasteiger partial charge in [-0.05, 0) is 17.7 Å². The third-order valence-corrected chi connectivity index (χ3v) is 2.99. The molecule has 4 nitrogen and oxygen atoms in total. The zero-order valence-electron chi connectivity index (χ0n) is 9.42. The summed E-state index contributed by atoms with van der Waals surface area (Å²) in [6.07, 6.45) is 0.565. The van der Waals surface area contributed by atoms with Crippen LogP contribution in [0.2, 0.25) is 0 Å². The van der Waals surface area contributed by atoms with Crippen molar-refractivity contribution in [3.05, 3.63) is 46.4 Å². The Morgan fingerprint density at radius 1 is 1.39 bits per heavy atom. The number of thiocarbonyl (C=S) groups is 1. The average molecular weight is 277 g/mol. The lowest BCUT2D eigenvalue weighted by molar-refractivity contribution is 0.102. The number of nitrogens with zero attached hydrogens (tertiary/aromatic N) is 1. The highest BCUT2D eigenvalue weighted by Gasteiger charge is 2.07. The summed E-state index contributed by atoms with van der Waals surface area (Å²) < 4.78 is 0. The van der Waals surface area contributed by atoms with Gasteiger partial charge in [0.05, 0.1) is 10.5 Å². The van der Waals surface area contributed by atoms with E-state index in [0.29, 0.717) is 17.1 Å². The maximum atomic E-state index is 11.7. The smallest absolute Gasteiger partial charge is 0.275 e. The summed E-state index contributed by atoms with van der Waals surface area (Å²) in [5.74, 6) is -0.210. The normalized spacial score (nSPS) is 10.0. The lowest BCUT2D eigenvalue weighted by atomic mass is 10.1. The number of anilines is 1. The van der Waals surface area contributed by atoms with Gasteiger partial charge in [-0.3, -0.25) is 4.79 Å². The van der Waals surface area contributed by atoms with Crippen molar-refractivity contribution >= 4 is 40.1 Å². The maximum Gasteiger partial charge on any atom is 0.275 e. The van der Waals surface area contributed by atoms with E-state index in [1.807, 2.05) is 24.3 Å². The average Bonchev–Trinajstić information content (AvgIpc) is 2.84. The number of benzene rings is 1. The van der Waals surface area contributed by atoms with Crippen LogP contribution < -0.4 is 11.1 Å². The Kier molecular flexibility index (Phi) is 4.01. The lowest BCUT2D eigenvalue weighted by Crippen LogP contribution is -2.13. The Morgan fingerprint density at radius 2 is 2.11 bits per heavy atom. The number of rotatable bonds is 4. The molecule has 2 rings (SSSR count). The minimum Gasteiger partial charge on any atom is -0.393 e. The highest BCUT2D eigenvalue weighted by atomic mass is 32.1. The second-order valence-corrected chi connectivity index (χ2v) is 4.91. The Bertz CT molecular complexity index is 549. The van der Waals surface area contributed by atoms with Gasteiger partial charge in [-0.2, -0.15) is 0 Å². The summed E-state index contributed by atoms with van der Waals surface area (Å²) in [4.78, 5) is 16.1. The van der Waals surface area contributed by atoms with Crippen molar-refractivity contribution in [3.8, 4) is 0 Å². The molecule has 0 aliphatic carbocycles. The third kappa shape index (κ3) is 3.35. The molecule has 1 aromatic carbocycles. The number of carbonyl (C=O) groups is 1. The van der Waals surface area contributed by atoms with E-state index in [9.17, 15) is 4.79 Å². The molecule has 0 fully saturated rings. The fraction of sp³-hybridized carbons (Fsp3) is 0.0833. The van der Waals surface area contributed by atoms with Crippen molar-refractivity contribution in [2.45, 2.75) is 6.42 Å². The van der Waals surface area contributed by atoms with Crippen LogP contribution in [0.3, 0.4) is 0 Å². The molecular formula is C12H11N3OS2. The zero-order chi connectivity index (χ0) is 13.0. The Labute approximate surface area is 114 Å². The van der Waals surface area contributed by atoms with Crippen LogP contribution in [0, 0.1) is 0 Å². The van der Waals surface area contributed by atoms with E-state index in [1.54, 1.807) is 10.9 Å². The summed E-state index contributed by atoms with van der Waals surface area (Å²) in [6.45, 7) is 0. The quantitative estimate of drug-likeness (QED) is 0.841. The first-order valence-electron chi connectivity index (χ1n) is 5.22. The molecule has 0 aliphatic rings. The Hall–Kier alpha value is -1.79. The van der Waals surface area contributed by atoms with Gasteiger partial charge in [0.1, 0.15) is 5.69 Å². The van der Waals surface area contributed by atoms with Gasteiger partial charge in [0.25, 0.3) is 5.91 Å². The summed E-state index contributed by atoms with van der Waals surface area (Å²) in [5, 5.41) is 4.47. The first-order chi connectivity index (χ1) is 8.65. The second kappa shape index (κ2) is 5.70. The number of thiazole rings is 1. The number of hydrogen-bond acceptors (Lipinski definition) is 4. The van der Waals surface area contributed by atoms with E-state index in [0.717, 1.165) is 11.3 Å². The highest BCUT2D eigenvalue weighted by Crippen LogP contribution is 2.12. The lowest BCUT2D eigenvalue weighted by Gasteiger charge is -2.04. The zero-order valence-corrected chi connectivity index (χ0v) is 11.1. The van der Waals surface area contributed by atoms with Gasteiger partial charge in [-0.1, -0.05) is 24.4 Å². The van der Waals surface area contributed by atoms with Crippen LogP contribution >= 0.6 is 23.6 Å². The van der Waals surface area contributed by atoms with E-state index >= 15 is 0 Å². The van der Waals surface area contributed by atoms with Gasteiger partial charge >= 0.3 is 0 Å². The van der Waals surface area contributed by atoms with Gasteiger partial charge in [0, 0.05) is 17.5 Å². The van der Waals surface area contributed by atoms with Crippen LogP contribution in [0.25, 0.3) is 0 Å². The topological polar surface area (TPSA) is 68.0 Å². The summed E-state index contributed by atoms with van der Waals surface area (Å²) in [6, 6.07) is 7.40. The predicted octanol–water partition coefficient (Wildman–Crippen LogP) is 2.22. The van der Waals surface area contributed by atoms with Gasteiger partial charge in [-0.15, -0.1) is 11.3 Å². The summed E-state index contributed by atoms with van der Waals surface area (Å²) >= 11 is 6.22. The number of amides is 1. The highest BCUT2D eigenvalue weighted by molar-refractivity contribution is 7.80. The standard InChI is InChI=1S/C12H11N3OS2/c13-11(17)5-8-1-3-9(4-2-8)15-12(16)10-6-18-7-14-10/h1-4,6-7H,5H2,(H2,13,17)(H,15,16). The Morgan fingerprint density at radius 3 is 2.67 bits per heavy atom. The van der Waals surface area contributed by atoms with Crippen molar-refractivity contribution < 1.29 is 4.79 Å². The minimum absolute atomic E-state index is 0.210. The van der Waals surface area contributed by atoms with Crippen LogP contribution in [0.1, 0.15) is 16.1 Å². The first-order valence-corrected chi connectivity index (χ1v) is 6.57. The minimum atomic E-state index is -0.210. The van der Waals surface area contributed by atoms with Crippen LogP contribution in [0.5, 0.6) is 0 Å². The molecule has 0 saturated carbocycles. The Balaban J connectivity index is 2.02. The number of nitrogens with one attached hydrogen (secondary N) is 1. The van der Waals surface area contributed by atoms with Crippen molar-refractivity contribution in [3.63, 3.8) is 0 Å². The molecule has 2 aromatic rings. The fourth-order valence-corrected chi connectivity index (χ4v) is 2.13. The number of nitrogens with two attached hydrogens (primary N) is 1. The number of carbonyl (C=O) groups excluding carboxylic acids is 1. The van der Waals surface area contributed by atoms with E-state index in [4.69, 9.17) is 18.0 Å². The van der Waals surface area contributed by atoms with Crippen LogP contribution in [-0.2, 0) is 6.42 Å². The van der Waals surface area contributed by atoms with Crippen LogP contribution in [-0.4, -0.2) is 15.9 Å². The number of aromatic nitrogens is 1. The molecular weight excluding hydrogens is 266 g/mol. The summed E-state index contributed by atoms with van der Waals surface area (Å²) in [5.41, 5.74) is 9.25. The molecule has 1 heterocycles. The summed E-state index contributed by atoms with van der Waals surface area (Å²) in [7, 11) is 0. The molecule has 0 radical (unpaired) electrons. The monoisotopic (exact) mass is 277 g/mol. The fourth-order valence-electron chi connectivity index (χ4n) is 1.43. The molecule has 6 heteroatoms. The molecule has 0 spiro atoms. The molecule has 18 heavy (non-hydrogen) atoms. The molecule has 92 valence electrons. The molecule has 0 bridgehead atoms. The van der Waals surface area contributed by atoms with Gasteiger partial charge < -0.3 is 11.1 Å². The van der Waals surface area contributed by atoms with Crippen LogP contribution in [0.4, 0.5) is 5.69 Å². The molecule has 0 atom stereocenters.